The molecule has 2 N–H and O–H groups in total. The van der Waals surface area contributed by atoms with Crippen LogP contribution in [0.15, 0.2) is 84.0 Å². The highest BCUT2D eigenvalue weighted by atomic mass is 16.5. The van der Waals surface area contributed by atoms with Gasteiger partial charge in [0.2, 0.25) is 0 Å². The number of nitrogens with one attached hydrogen (secondary N) is 2. The average molecular weight is 403 g/mol. The van der Waals surface area contributed by atoms with Gasteiger partial charge in [-0.1, -0.05) is 42.5 Å². The first kappa shape index (κ1) is 20.6. The SMILES string of the molecule is COc1ccccc1/C=N\NC(=O)C(=O)Nc1ccc(OCc2ccccc2)cc1. The Morgan fingerprint density at radius 2 is 1.60 bits per heavy atom. The van der Waals surface area contributed by atoms with Crippen LogP contribution in [0.3, 0.4) is 0 Å². The lowest BCUT2D eigenvalue weighted by molar-refractivity contribution is -0.136. The van der Waals surface area contributed by atoms with E-state index < -0.39 is 11.8 Å². The van der Waals surface area contributed by atoms with Crippen molar-refractivity contribution >= 4 is 23.7 Å². The van der Waals surface area contributed by atoms with E-state index in [1.165, 1.54) is 13.3 Å². The molecule has 3 aromatic carbocycles. The van der Waals surface area contributed by atoms with Crippen molar-refractivity contribution in [3.05, 3.63) is 90.0 Å². The molecule has 3 rings (SSSR count). The van der Waals surface area contributed by atoms with E-state index in [2.05, 4.69) is 15.8 Å². The molecule has 0 atom stereocenters. The quantitative estimate of drug-likeness (QED) is 0.360. The fraction of sp³-hybridized carbons (Fsp3) is 0.0870. The zero-order valence-corrected chi connectivity index (χ0v) is 16.4. The van der Waals surface area contributed by atoms with E-state index in [0.29, 0.717) is 29.4 Å². The van der Waals surface area contributed by atoms with E-state index in [9.17, 15) is 9.59 Å². The van der Waals surface area contributed by atoms with Crippen LogP contribution in [0, 0.1) is 0 Å². The van der Waals surface area contributed by atoms with Crippen molar-refractivity contribution < 1.29 is 19.1 Å². The average Bonchev–Trinajstić information content (AvgIpc) is 2.79. The van der Waals surface area contributed by atoms with Crippen molar-refractivity contribution in [1.29, 1.82) is 0 Å². The predicted octanol–water partition coefficient (Wildman–Crippen LogP) is 3.36. The van der Waals surface area contributed by atoms with Crippen molar-refractivity contribution in [2.45, 2.75) is 6.61 Å². The summed E-state index contributed by atoms with van der Waals surface area (Å²) < 4.78 is 10.9. The highest BCUT2D eigenvalue weighted by Gasteiger charge is 2.13. The van der Waals surface area contributed by atoms with Gasteiger partial charge < -0.3 is 14.8 Å². The molecule has 7 heteroatoms. The van der Waals surface area contributed by atoms with Gasteiger partial charge in [0, 0.05) is 11.3 Å². The van der Waals surface area contributed by atoms with Crippen LogP contribution < -0.4 is 20.2 Å². The number of amides is 2. The number of hydrazone groups is 1. The molecule has 2 amide bonds. The van der Waals surface area contributed by atoms with E-state index in [1.807, 2.05) is 42.5 Å². The predicted molar refractivity (Wildman–Crippen MR) is 115 cm³/mol. The number of benzene rings is 3. The molecule has 0 fully saturated rings. The van der Waals surface area contributed by atoms with Gasteiger partial charge in [0.25, 0.3) is 0 Å². The lowest BCUT2D eigenvalue weighted by Gasteiger charge is -2.08. The number of methoxy groups -OCH3 is 1. The van der Waals surface area contributed by atoms with E-state index in [-0.39, 0.29) is 0 Å². The molecular weight excluding hydrogens is 382 g/mol. The van der Waals surface area contributed by atoms with Crippen molar-refractivity contribution in [2.24, 2.45) is 5.10 Å². The molecule has 0 spiro atoms. The second kappa shape index (κ2) is 10.4. The van der Waals surface area contributed by atoms with E-state index in [4.69, 9.17) is 9.47 Å². The molecular formula is C23H21N3O4. The number of hydrogen-bond donors (Lipinski definition) is 2. The van der Waals surface area contributed by atoms with Crippen LogP contribution in [-0.4, -0.2) is 25.1 Å². The molecule has 0 saturated carbocycles. The van der Waals surface area contributed by atoms with Crippen LogP contribution in [0.25, 0.3) is 0 Å². The zero-order valence-electron chi connectivity index (χ0n) is 16.4. The summed E-state index contributed by atoms with van der Waals surface area (Å²) in [6.07, 6.45) is 1.41. The number of carbonyl (C=O) groups excluding carboxylic acids is 2. The van der Waals surface area contributed by atoms with Crippen LogP contribution in [0.5, 0.6) is 11.5 Å². The fourth-order valence-corrected chi connectivity index (χ4v) is 2.55. The van der Waals surface area contributed by atoms with Crippen molar-refractivity contribution in [1.82, 2.24) is 5.43 Å². The first-order chi connectivity index (χ1) is 14.7. The van der Waals surface area contributed by atoms with Gasteiger partial charge in [-0.25, -0.2) is 5.43 Å². The molecule has 0 saturated heterocycles. The Bertz CT molecular complexity index is 1020. The lowest BCUT2D eigenvalue weighted by Crippen LogP contribution is -2.32. The van der Waals surface area contributed by atoms with Gasteiger partial charge in [0.1, 0.15) is 18.1 Å². The molecule has 0 aliphatic heterocycles. The molecule has 30 heavy (non-hydrogen) atoms. The molecule has 0 unspecified atom stereocenters. The van der Waals surface area contributed by atoms with E-state index in [0.717, 1.165) is 5.56 Å². The second-order valence-corrected chi connectivity index (χ2v) is 6.19. The first-order valence-electron chi connectivity index (χ1n) is 9.20. The molecule has 0 bridgehead atoms. The number of anilines is 1. The summed E-state index contributed by atoms with van der Waals surface area (Å²) in [5.74, 6) is -0.451. The summed E-state index contributed by atoms with van der Waals surface area (Å²) in [5.41, 5.74) is 4.39. The van der Waals surface area contributed by atoms with Gasteiger partial charge in [-0.2, -0.15) is 5.10 Å². The van der Waals surface area contributed by atoms with Crippen LogP contribution in [0.4, 0.5) is 5.69 Å². The van der Waals surface area contributed by atoms with E-state index in [1.54, 1.807) is 36.4 Å². The molecule has 0 heterocycles. The molecule has 0 aromatic heterocycles. The Hall–Kier alpha value is -4.13. The summed E-state index contributed by atoms with van der Waals surface area (Å²) >= 11 is 0. The Labute approximate surface area is 174 Å². The van der Waals surface area contributed by atoms with Crippen LogP contribution >= 0.6 is 0 Å². The molecule has 3 aromatic rings. The van der Waals surface area contributed by atoms with Crippen LogP contribution in [0.2, 0.25) is 0 Å². The lowest BCUT2D eigenvalue weighted by atomic mass is 10.2. The Kier molecular flexibility index (Phi) is 7.16. The summed E-state index contributed by atoms with van der Waals surface area (Å²) in [7, 11) is 1.54. The largest absolute Gasteiger partial charge is 0.496 e. The third kappa shape index (κ3) is 5.93. The van der Waals surface area contributed by atoms with Crippen molar-refractivity contribution in [3.8, 4) is 11.5 Å². The third-order valence-electron chi connectivity index (χ3n) is 4.08. The zero-order chi connectivity index (χ0) is 21.2. The number of para-hydroxylation sites is 1. The number of nitrogens with zero attached hydrogens (tertiary/aromatic N) is 1. The smallest absolute Gasteiger partial charge is 0.329 e. The Morgan fingerprint density at radius 1 is 0.900 bits per heavy atom. The number of rotatable bonds is 7. The number of ether oxygens (including phenoxy) is 2. The Morgan fingerprint density at radius 3 is 2.33 bits per heavy atom. The van der Waals surface area contributed by atoms with Crippen molar-refractivity contribution in [3.63, 3.8) is 0 Å². The Balaban J connectivity index is 1.48. The minimum absolute atomic E-state index is 0.444. The molecule has 0 aliphatic carbocycles. The fourth-order valence-electron chi connectivity index (χ4n) is 2.55. The number of carbonyl (C=O) groups is 2. The molecule has 7 nitrogen and oxygen atoms in total. The highest BCUT2D eigenvalue weighted by molar-refractivity contribution is 6.39. The standard InChI is InChI=1S/C23H21N3O4/c1-29-21-10-6-5-9-18(21)15-24-26-23(28)22(27)25-19-11-13-20(14-12-19)30-16-17-7-3-2-4-8-17/h2-15H,16H2,1H3,(H,25,27)(H,26,28)/b24-15-. The van der Waals surface area contributed by atoms with Gasteiger partial charge in [-0.15, -0.1) is 0 Å². The topological polar surface area (TPSA) is 89.0 Å². The number of hydrogen-bond acceptors (Lipinski definition) is 5. The van der Waals surface area contributed by atoms with E-state index >= 15 is 0 Å². The maximum absolute atomic E-state index is 12.0. The first-order valence-corrected chi connectivity index (χ1v) is 9.20. The third-order valence-corrected chi connectivity index (χ3v) is 4.08. The van der Waals surface area contributed by atoms with Gasteiger partial charge in [-0.3, -0.25) is 9.59 Å². The van der Waals surface area contributed by atoms with Gasteiger partial charge in [-0.05, 0) is 42.0 Å². The van der Waals surface area contributed by atoms with Gasteiger partial charge >= 0.3 is 11.8 Å². The summed E-state index contributed by atoms with van der Waals surface area (Å²) in [6, 6.07) is 23.7. The van der Waals surface area contributed by atoms with Gasteiger partial charge in [0.15, 0.2) is 0 Å². The molecule has 0 aliphatic rings. The minimum Gasteiger partial charge on any atom is -0.496 e. The summed E-state index contributed by atoms with van der Waals surface area (Å²) in [5, 5.41) is 6.30. The monoisotopic (exact) mass is 403 g/mol. The van der Waals surface area contributed by atoms with Crippen LogP contribution in [-0.2, 0) is 16.2 Å². The molecule has 152 valence electrons. The second-order valence-electron chi connectivity index (χ2n) is 6.19. The van der Waals surface area contributed by atoms with Crippen LogP contribution in [0.1, 0.15) is 11.1 Å². The maximum Gasteiger partial charge on any atom is 0.329 e. The maximum atomic E-state index is 12.0. The molecule has 0 radical (unpaired) electrons. The summed E-state index contributed by atoms with van der Waals surface area (Å²) in [4.78, 5) is 23.9. The van der Waals surface area contributed by atoms with Crippen molar-refractivity contribution in [2.75, 3.05) is 12.4 Å². The van der Waals surface area contributed by atoms with Gasteiger partial charge in [0.05, 0.1) is 13.3 Å². The highest BCUT2D eigenvalue weighted by Crippen LogP contribution is 2.17. The normalized spacial score (nSPS) is 10.4. The summed E-state index contributed by atoms with van der Waals surface area (Å²) in [6.45, 7) is 0.444. The minimum atomic E-state index is -0.884.